The van der Waals surface area contributed by atoms with Crippen molar-refractivity contribution in [2.45, 2.75) is 19.8 Å². The van der Waals surface area contributed by atoms with Crippen LogP contribution in [-0.2, 0) is 0 Å². The monoisotopic (exact) mass is 338 g/mol. The molecule has 1 aromatic heterocycles. The van der Waals surface area contributed by atoms with E-state index in [-0.39, 0.29) is 23.2 Å². The molecule has 0 amide bonds. The first kappa shape index (κ1) is 16.8. The number of hydrogen-bond donors (Lipinski definition) is 2. The Kier molecular flexibility index (Phi) is 4.08. The number of halogens is 1. The molecule has 126 valence electrons. The second-order valence-electron chi connectivity index (χ2n) is 6.12. The van der Waals surface area contributed by atoms with Gasteiger partial charge in [-0.2, -0.15) is 0 Å². The van der Waals surface area contributed by atoms with E-state index in [0.29, 0.717) is 27.6 Å². The summed E-state index contributed by atoms with van der Waals surface area (Å²) in [5.41, 5.74) is 2.28. The first-order valence-electron chi connectivity index (χ1n) is 7.79. The summed E-state index contributed by atoms with van der Waals surface area (Å²) in [6, 6.07) is 9.23. The predicted octanol–water partition coefficient (Wildman–Crippen LogP) is 4.69. The summed E-state index contributed by atoms with van der Waals surface area (Å²) in [6.07, 6.45) is 0. The zero-order chi connectivity index (χ0) is 18.3. The highest BCUT2D eigenvalue weighted by Gasteiger charge is 2.23. The van der Waals surface area contributed by atoms with Gasteiger partial charge >= 0.3 is 5.97 Å². The van der Waals surface area contributed by atoms with Gasteiger partial charge in [-0.05, 0) is 60.7 Å². The normalized spacial score (nSPS) is 12.3. The summed E-state index contributed by atoms with van der Waals surface area (Å²) in [5.74, 6) is -1.82. The van der Waals surface area contributed by atoms with E-state index in [9.17, 15) is 19.4 Å². The average Bonchev–Trinajstić information content (AvgIpc) is 2.55. The van der Waals surface area contributed by atoms with Gasteiger partial charge in [0.15, 0.2) is 5.69 Å². The molecular formula is C20H17FNO3+. The molecule has 0 aliphatic rings. The standard InChI is InChI=1S/C20H16FNO3/c1-10(2)18-17(12-4-7-16(21)11(3)8-12)14-6-5-13(23)9-15(14)19(22-18)20(24)25/h4-10H,1H2,2-3H3,(H-,23,24,25)/p+1. The third-order valence-electron chi connectivity index (χ3n) is 4.13. The first-order chi connectivity index (χ1) is 11.8. The zero-order valence-corrected chi connectivity index (χ0v) is 13.9. The number of benzene rings is 2. The number of aromatic nitrogens is 1. The van der Waals surface area contributed by atoms with Gasteiger partial charge in [-0.15, -0.1) is 0 Å². The van der Waals surface area contributed by atoms with Crippen LogP contribution in [0.2, 0.25) is 0 Å². The van der Waals surface area contributed by atoms with Gasteiger partial charge in [-0.3, -0.25) is 0 Å². The number of fused-ring (bicyclic) bond motifs is 1. The Labute approximate surface area is 144 Å². The Hall–Kier alpha value is -3.08. The van der Waals surface area contributed by atoms with Crippen LogP contribution in [0.4, 0.5) is 4.39 Å². The lowest BCUT2D eigenvalue weighted by Crippen LogP contribution is -2.08. The van der Waals surface area contributed by atoms with Crippen LogP contribution in [0.1, 0.15) is 34.6 Å². The fourth-order valence-electron chi connectivity index (χ4n) is 2.94. The van der Waals surface area contributed by atoms with E-state index < -0.39 is 5.97 Å². The van der Waals surface area contributed by atoms with Gasteiger partial charge in [0.05, 0.1) is 12.6 Å². The van der Waals surface area contributed by atoms with Crippen LogP contribution in [0, 0.1) is 19.7 Å². The Morgan fingerprint density at radius 3 is 2.52 bits per heavy atom. The maximum Gasteiger partial charge on any atom is 0.355 e. The number of phenolic OH excluding ortho intramolecular Hbond substituents is 1. The molecule has 0 aliphatic heterocycles. The van der Waals surface area contributed by atoms with Gasteiger partial charge in [0, 0.05) is 10.9 Å². The minimum absolute atomic E-state index is 0.0477. The number of nitrogens with zero attached hydrogens (tertiary/aromatic N) is 1. The molecule has 2 N–H and O–H groups in total. The number of pyridine rings is 1. The van der Waals surface area contributed by atoms with Gasteiger partial charge in [0.2, 0.25) is 0 Å². The van der Waals surface area contributed by atoms with Crippen molar-refractivity contribution in [1.82, 2.24) is 4.98 Å². The third-order valence-corrected chi connectivity index (χ3v) is 4.13. The first-order valence-corrected chi connectivity index (χ1v) is 7.79. The van der Waals surface area contributed by atoms with Crippen LogP contribution in [-0.4, -0.2) is 21.2 Å². The molecule has 3 rings (SSSR count). The summed E-state index contributed by atoms with van der Waals surface area (Å²) in [6.45, 7) is 7.47. The number of aromatic carboxylic acids is 1. The van der Waals surface area contributed by atoms with Crippen molar-refractivity contribution in [2.75, 3.05) is 0 Å². The smallest absolute Gasteiger partial charge is 0.355 e. The summed E-state index contributed by atoms with van der Waals surface area (Å²) in [4.78, 5) is 15.9. The number of rotatable bonds is 3. The molecular weight excluding hydrogens is 321 g/mol. The summed E-state index contributed by atoms with van der Waals surface area (Å²) < 4.78 is 13.7. The predicted molar refractivity (Wildman–Crippen MR) is 94.3 cm³/mol. The molecule has 1 heterocycles. The topological polar surface area (TPSA) is 70.4 Å². The molecule has 3 aromatic rings. The average molecular weight is 338 g/mol. The molecule has 0 spiro atoms. The molecule has 4 nitrogen and oxygen atoms in total. The van der Waals surface area contributed by atoms with Crippen LogP contribution >= 0.6 is 0 Å². The van der Waals surface area contributed by atoms with Gasteiger partial charge in [-0.25, -0.2) is 14.2 Å². The van der Waals surface area contributed by atoms with Crippen molar-refractivity contribution < 1.29 is 19.4 Å². The van der Waals surface area contributed by atoms with Crippen molar-refractivity contribution in [3.63, 3.8) is 0 Å². The number of hydrogen-bond acceptors (Lipinski definition) is 3. The molecule has 0 saturated carbocycles. The van der Waals surface area contributed by atoms with Crippen molar-refractivity contribution in [3.8, 4) is 16.9 Å². The van der Waals surface area contributed by atoms with Crippen molar-refractivity contribution >= 4 is 16.7 Å². The molecule has 0 aliphatic carbocycles. The molecule has 1 atom stereocenters. The number of phenols is 1. The number of carbonyl (C=O) groups is 1. The SMILES string of the molecule is [CH2+]C(C)c1nc(C(=O)O)c2cc(O)ccc2c1-c1ccc(F)c(C)c1. The van der Waals surface area contributed by atoms with Gasteiger partial charge < -0.3 is 10.2 Å². The zero-order valence-electron chi connectivity index (χ0n) is 13.9. The molecule has 1 unspecified atom stereocenters. The van der Waals surface area contributed by atoms with E-state index >= 15 is 0 Å². The maximum atomic E-state index is 13.7. The lowest BCUT2D eigenvalue weighted by Gasteiger charge is -2.15. The van der Waals surface area contributed by atoms with E-state index in [2.05, 4.69) is 11.9 Å². The molecule has 0 fully saturated rings. The van der Waals surface area contributed by atoms with Gasteiger partial charge in [-0.1, -0.05) is 6.07 Å². The van der Waals surface area contributed by atoms with E-state index in [1.54, 1.807) is 25.1 Å². The van der Waals surface area contributed by atoms with Crippen LogP contribution in [0.3, 0.4) is 0 Å². The maximum absolute atomic E-state index is 13.7. The fraction of sp³-hybridized carbons (Fsp3) is 0.150. The highest BCUT2D eigenvalue weighted by Crippen LogP contribution is 2.37. The Morgan fingerprint density at radius 2 is 1.92 bits per heavy atom. The van der Waals surface area contributed by atoms with Crippen molar-refractivity contribution in [1.29, 1.82) is 0 Å². The number of aryl methyl sites for hydroxylation is 1. The molecule has 2 aromatic carbocycles. The van der Waals surface area contributed by atoms with Crippen LogP contribution < -0.4 is 0 Å². The second-order valence-corrected chi connectivity index (χ2v) is 6.12. The summed E-state index contributed by atoms with van der Waals surface area (Å²) >= 11 is 0. The van der Waals surface area contributed by atoms with Gasteiger partial charge in [0.25, 0.3) is 0 Å². The van der Waals surface area contributed by atoms with Crippen LogP contribution in [0.5, 0.6) is 5.75 Å². The Bertz CT molecular complexity index is 996. The number of aromatic hydroxyl groups is 1. The van der Waals surface area contributed by atoms with Crippen molar-refractivity contribution in [2.24, 2.45) is 0 Å². The van der Waals surface area contributed by atoms with E-state index in [1.807, 2.05) is 6.92 Å². The second kappa shape index (κ2) is 6.09. The van der Waals surface area contributed by atoms with Crippen LogP contribution in [0.25, 0.3) is 21.9 Å². The minimum atomic E-state index is -1.18. The molecule has 0 radical (unpaired) electrons. The quantitative estimate of drug-likeness (QED) is 0.680. The minimum Gasteiger partial charge on any atom is -0.508 e. The van der Waals surface area contributed by atoms with Crippen LogP contribution in [0.15, 0.2) is 36.4 Å². The largest absolute Gasteiger partial charge is 0.508 e. The van der Waals surface area contributed by atoms with Crippen molar-refractivity contribution in [3.05, 3.63) is 66.1 Å². The summed E-state index contributed by atoms with van der Waals surface area (Å²) in [5, 5.41) is 20.2. The number of carboxylic acids is 1. The fourth-order valence-corrected chi connectivity index (χ4v) is 2.94. The third kappa shape index (κ3) is 2.89. The highest BCUT2D eigenvalue weighted by atomic mass is 19.1. The number of carboxylic acid groups (broad SMARTS) is 1. The van der Waals surface area contributed by atoms with E-state index in [4.69, 9.17) is 0 Å². The Morgan fingerprint density at radius 1 is 1.20 bits per heavy atom. The molecule has 25 heavy (non-hydrogen) atoms. The molecule has 5 heteroatoms. The van der Waals surface area contributed by atoms with E-state index in [0.717, 1.165) is 5.56 Å². The highest BCUT2D eigenvalue weighted by molar-refractivity contribution is 6.08. The van der Waals surface area contributed by atoms with Gasteiger partial charge in [0.1, 0.15) is 17.5 Å². The molecule has 0 bridgehead atoms. The van der Waals surface area contributed by atoms with E-state index in [1.165, 1.54) is 18.2 Å². The summed E-state index contributed by atoms with van der Waals surface area (Å²) in [7, 11) is 0. The molecule has 0 saturated heterocycles. The Balaban J connectivity index is 2.47. The lowest BCUT2D eigenvalue weighted by molar-refractivity contribution is 0.0692. The lowest BCUT2D eigenvalue weighted by atomic mass is 9.91.